The maximum atomic E-state index is 11.9. The summed E-state index contributed by atoms with van der Waals surface area (Å²) < 4.78 is 11.2. The molecule has 2 N–H and O–H groups in total. The van der Waals surface area contributed by atoms with E-state index in [4.69, 9.17) is 15.2 Å². The summed E-state index contributed by atoms with van der Waals surface area (Å²) in [4.78, 5) is 13.6. The van der Waals surface area contributed by atoms with Gasteiger partial charge in [-0.05, 0) is 32.9 Å². The summed E-state index contributed by atoms with van der Waals surface area (Å²) >= 11 is 0. The van der Waals surface area contributed by atoms with Crippen LogP contribution in [0.1, 0.15) is 27.2 Å². The standard InChI is InChI=1S/C15H22N2O3/c1-15(2,3)20-14(18)17-8-7-13(10-17)19-12-6-4-5-11(16)9-12/h4-6,9,13H,7-8,10,16H2,1-3H3/t13-/m0/s1. The second kappa shape index (κ2) is 5.61. The van der Waals surface area contributed by atoms with Gasteiger partial charge in [-0.2, -0.15) is 0 Å². The highest BCUT2D eigenvalue weighted by Crippen LogP contribution is 2.21. The minimum Gasteiger partial charge on any atom is -0.488 e. The number of anilines is 1. The zero-order valence-electron chi connectivity index (χ0n) is 12.3. The highest BCUT2D eigenvalue weighted by atomic mass is 16.6. The first-order valence-corrected chi connectivity index (χ1v) is 6.83. The molecule has 1 saturated heterocycles. The molecule has 1 atom stereocenters. The SMILES string of the molecule is CC(C)(C)OC(=O)N1CC[C@H](Oc2cccc(N)c2)C1. The molecule has 2 rings (SSSR count). The lowest BCUT2D eigenvalue weighted by atomic mass is 10.2. The molecule has 1 heterocycles. The lowest BCUT2D eigenvalue weighted by Crippen LogP contribution is -2.36. The molecular formula is C15H22N2O3. The Hall–Kier alpha value is -1.91. The Labute approximate surface area is 119 Å². The van der Waals surface area contributed by atoms with Crippen molar-refractivity contribution >= 4 is 11.8 Å². The van der Waals surface area contributed by atoms with Crippen molar-refractivity contribution in [2.24, 2.45) is 0 Å². The molecule has 0 aromatic heterocycles. The fourth-order valence-corrected chi connectivity index (χ4v) is 2.10. The number of amides is 1. The highest BCUT2D eigenvalue weighted by molar-refractivity contribution is 5.68. The number of likely N-dealkylation sites (tertiary alicyclic amines) is 1. The Morgan fingerprint density at radius 1 is 1.40 bits per heavy atom. The van der Waals surface area contributed by atoms with Crippen LogP contribution in [0.15, 0.2) is 24.3 Å². The third-order valence-corrected chi connectivity index (χ3v) is 2.96. The number of nitrogens with two attached hydrogens (primary N) is 1. The number of carbonyl (C=O) groups is 1. The molecule has 20 heavy (non-hydrogen) atoms. The Morgan fingerprint density at radius 2 is 2.15 bits per heavy atom. The molecule has 1 fully saturated rings. The van der Waals surface area contributed by atoms with E-state index in [1.807, 2.05) is 39.0 Å². The summed E-state index contributed by atoms with van der Waals surface area (Å²) in [5.74, 6) is 0.737. The van der Waals surface area contributed by atoms with Crippen LogP contribution in [0, 0.1) is 0 Å². The van der Waals surface area contributed by atoms with Gasteiger partial charge in [-0.25, -0.2) is 4.79 Å². The molecule has 1 aromatic rings. The summed E-state index contributed by atoms with van der Waals surface area (Å²) in [7, 11) is 0. The second-order valence-corrected chi connectivity index (χ2v) is 6.03. The van der Waals surface area contributed by atoms with Crippen LogP contribution in [0.25, 0.3) is 0 Å². The van der Waals surface area contributed by atoms with Crippen molar-refractivity contribution in [1.82, 2.24) is 4.90 Å². The smallest absolute Gasteiger partial charge is 0.410 e. The van der Waals surface area contributed by atoms with Crippen molar-refractivity contribution in [2.75, 3.05) is 18.8 Å². The second-order valence-electron chi connectivity index (χ2n) is 6.03. The monoisotopic (exact) mass is 278 g/mol. The third kappa shape index (κ3) is 4.05. The van der Waals surface area contributed by atoms with Gasteiger partial charge in [0.05, 0.1) is 6.54 Å². The van der Waals surface area contributed by atoms with Crippen LogP contribution in [-0.4, -0.2) is 35.8 Å². The van der Waals surface area contributed by atoms with E-state index in [9.17, 15) is 4.79 Å². The minimum atomic E-state index is -0.468. The van der Waals surface area contributed by atoms with Gasteiger partial charge >= 0.3 is 6.09 Å². The first-order chi connectivity index (χ1) is 9.33. The first-order valence-electron chi connectivity index (χ1n) is 6.83. The summed E-state index contributed by atoms with van der Waals surface area (Å²) in [6.07, 6.45) is 0.508. The van der Waals surface area contributed by atoms with Crippen molar-refractivity contribution < 1.29 is 14.3 Å². The molecule has 5 nitrogen and oxygen atoms in total. The van der Waals surface area contributed by atoms with Gasteiger partial charge in [0.1, 0.15) is 17.5 Å². The van der Waals surface area contributed by atoms with Crippen LogP contribution in [0.2, 0.25) is 0 Å². The number of hydrogen-bond donors (Lipinski definition) is 1. The van der Waals surface area contributed by atoms with E-state index in [2.05, 4.69) is 0 Å². The summed E-state index contributed by atoms with van der Waals surface area (Å²) in [6, 6.07) is 7.32. The number of rotatable bonds is 2. The highest BCUT2D eigenvalue weighted by Gasteiger charge is 2.30. The normalized spacial score (nSPS) is 18.9. The number of benzene rings is 1. The molecule has 1 aliphatic rings. The van der Waals surface area contributed by atoms with E-state index >= 15 is 0 Å². The Bertz CT molecular complexity index is 482. The number of nitrogens with zero attached hydrogens (tertiary/aromatic N) is 1. The molecule has 0 aliphatic carbocycles. The van der Waals surface area contributed by atoms with Crippen LogP contribution in [0.4, 0.5) is 10.5 Å². The topological polar surface area (TPSA) is 64.8 Å². The zero-order chi connectivity index (χ0) is 14.8. The average molecular weight is 278 g/mol. The maximum absolute atomic E-state index is 11.9. The average Bonchev–Trinajstić information content (AvgIpc) is 2.75. The molecule has 0 spiro atoms. The molecule has 1 amide bonds. The minimum absolute atomic E-state index is 0.00989. The Morgan fingerprint density at radius 3 is 2.80 bits per heavy atom. The molecular weight excluding hydrogens is 256 g/mol. The summed E-state index contributed by atoms with van der Waals surface area (Å²) in [5.41, 5.74) is 5.92. The van der Waals surface area contributed by atoms with Crippen LogP contribution in [-0.2, 0) is 4.74 Å². The van der Waals surface area contributed by atoms with Gasteiger partial charge in [0.25, 0.3) is 0 Å². The number of hydrogen-bond acceptors (Lipinski definition) is 4. The van der Waals surface area contributed by atoms with E-state index < -0.39 is 5.60 Å². The van der Waals surface area contributed by atoms with Crippen LogP contribution < -0.4 is 10.5 Å². The number of carbonyl (C=O) groups excluding carboxylic acids is 1. The molecule has 0 saturated carbocycles. The molecule has 0 radical (unpaired) electrons. The van der Waals surface area contributed by atoms with E-state index in [-0.39, 0.29) is 12.2 Å². The Kier molecular flexibility index (Phi) is 4.06. The van der Waals surface area contributed by atoms with Gasteiger partial charge in [0.2, 0.25) is 0 Å². The third-order valence-electron chi connectivity index (χ3n) is 2.96. The van der Waals surface area contributed by atoms with Crippen molar-refractivity contribution in [1.29, 1.82) is 0 Å². The molecule has 110 valence electrons. The molecule has 1 aromatic carbocycles. The van der Waals surface area contributed by atoms with E-state index in [0.29, 0.717) is 18.8 Å². The molecule has 0 unspecified atom stereocenters. The van der Waals surface area contributed by atoms with Gasteiger partial charge in [-0.3, -0.25) is 0 Å². The van der Waals surface area contributed by atoms with Gasteiger partial charge in [-0.1, -0.05) is 6.07 Å². The van der Waals surface area contributed by atoms with Gasteiger partial charge in [0.15, 0.2) is 0 Å². The summed E-state index contributed by atoms with van der Waals surface area (Å²) in [6.45, 7) is 6.79. The maximum Gasteiger partial charge on any atom is 0.410 e. The number of nitrogen functional groups attached to an aromatic ring is 1. The Balaban J connectivity index is 1.88. The fourth-order valence-electron chi connectivity index (χ4n) is 2.10. The summed E-state index contributed by atoms with van der Waals surface area (Å²) in [5, 5.41) is 0. The predicted octanol–water partition coefficient (Wildman–Crippen LogP) is 2.66. The zero-order valence-corrected chi connectivity index (χ0v) is 12.3. The van der Waals surface area contributed by atoms with E-state index in [0.717, 1.165) is 12.2 Å². The van der Waals surface area contributed by atoms with Gasteiger partial charge in [-0.15, -0.1) is 0 Å². The molecule has 5 heteroatoms. The van der Waals surface area contributed by atoms with Crippen LogP contribution in [0.3, 0.4) is 0 Å². The molecule has 1 aliphatic heterocycles. The lowest BCUT2D eigenvalue weighted by Gasteiger charge is -2.24. The fraction of sp³-hybridized carbons (Fsp3) is 0.533. The largest absolute Gasteiger partial charge is 0.488 e. The van der Waals surface area contributed by atoms with Crippen LogP contribution >= 0.6 is 0 Å². The van der Waals surface area contributed by atoms with E-state index in [1.54, 1.807) is 11.0 Å². The van der Waals surface area contributed by atoms with Crippen molar-refractivity contribution in [3.05, 3.63) is 24.3 Å². The quantitative estimate of drug-likeness (QED) is 0.845. The van der Waals surface area contributed by atoms with Gasteiger partial charge in [0, 0.05) is 24.7 Å². The first kappa shape index (κ1) is 14.5. The van der Waals surface area contributed by atoms with Gasteiger partial charge < -0.3 is 20.1 Å². The van der Waals surface area contributed by atoms with Crippen LogP contribution in [0.5, 0.6) is 5.75 Å². The van der Waals surface area contributed by atoms with Crippen molar-refractivity contribution in [3.63, 3.8) is 0 Å². The van der Waals surface area contributed by atoms with Crippen molar-refractivity contribution in [3.8, 4) is 5.75 Å². The van der Waals surface area contributed by atoms with E-state index in [1.165, 1.54) is 0 Å². The molecule has 0 bridgehead atoms. The number of ether oxygens (including phenoxy) is 2. The predicted molar refractivity (Wildman–Crippen MR) is 77.7 cm³/mol. The lowest BCUT2D eigenvalue weighted by molar-refractivity contribution is 0.0275. The van der Waals surface area contributed by atoms with Crippen molar-refractivity contribution in [2.45, 2.75) is 38.9 Å².